The number of hydrogen-bond donors (Lipinski definition) is 1. The zero-order valence-electron chi connectivity index (χ0n) is 14.2. The lowest BCUT2D eigenvalue weighted by Gasteiger charge is -2.24. The molecule has 5 nitrogen and oxygen atoms in total. The van der Waals surface area contributed by atoms with Gasteiger partial charge in [-0.2, -0.15) is 0 Å². The van der Waals surface area contributed by atoms with Crippen LogP contribution in [0, 0.1) is 0 Å². The normalized spacial score (nSPS) is 15.2. The first-order chi connectivity index (χ1) is 11.7. The van der Waals surface area contributed by atoms with E-state index in [0.717, 1.165) is 30.7 Å². The molecule has 24 heavy (non-hydrogen) atoms. The van der Waals surface area contributed by atoms with Crippen LogP contribution in [-0.2, 0) is 13.0 Å². The van der Waals surface area contributed by atoms with Gasteiger partial charge in [-0.15, -0.1) is 0 Å². The standard InChI is InChI=1S/C19H23N3O2/c1-14(15-7-9-20-10-8-15)21-19(23)22-11-3-4-16-12-18(24-2)6-5-17(16)13-22/h5-10,12,14H,3-4,11,13H2,1-2H3,(H,21,23)/t14-/m0/s1. The number of urea groups is 1. The van der Waals surface area contributed by atoms with Crippen molar-refractivity contribution in [1.82, 2.24) is 15.2 Å². The van der Waals surface area contributed by atoms with Crippen LogP contribution in [0.3, 0.4) is 0 Å². The second-order valence-electron chi connectivity index (χ2n) is 6.11. The van der Waals surface area contributed by atoms with Gasteiger partial charge in [-0.3, -0.25) is 4.98 Å². The van der Waals surface area contributed by atoms with Gasteiger partial charge in [0.05, 0.1) is 13.2 Å². The number of amides is 2. The molecule has 0 spiro atoms. The Labute approximate surface area is 142 Å². The highest BCUT2D eigenvalue weighted by Gasteiger charge is 2.20. The third-order valence-corrected chi connectivity index (χ3v) is 4.48. The Balaban J connectivity index is 1.69. The van der Waals surface area contributed by atoms with E-state index < -0.39 is 0 Å². The van der Waals surface area contributed by atoms with Crippen LogP contribution in [0.4, 0.5) is 4.79 Å². The summed E-state index contributed by atoms with van der Waals surface area (Å²) in [5, 5.41) is 3.08. The summed E-state index contributed by atoms with van der Waals surface area (Å²) in [5.74, 6) is 0.873. The summed E-state index contributed by atoms with van der Waals surface area (Å²) in [6.07, 6.45) is 5.41. The minimum atomic E-state index is -0.0425. The van der Waals surface area contributed by atoms with Crippen LogP contribution in [0.5, 0.6) is 5.75 Å². The molecule has 0 fully saturated rings. The van der Waals surface area contributed by atoms with E-state index in [1.807, 2.05) is 30.0 Å². The molecule has 1 N–H and O–H groups in total. The van der Waals surface area contributed by atoms with Crippen LogP contribution < -0.4 is 10.1 Å². The first-order valence-electron chi connectivity index (χ1n) is 8.28. The molecule has 5 heteroatoms. The maximum Gasteiger partial charge on any atom is 0.318 e. The predicted octanol–water partition coefficient (Wildman–Crippen LogP) is 3.31. The van der Waals surface area contributed by atoms with E-state index in [1.165, 1.54) is 11.1 Å². The number of fused-ring (bicyclic) bond motifs is 1. The third kappa shape index (κ3) is 3.67. The second kappa shape index (κ2) is 7.34. The molecular formula is C19H23N3O2. The monoisotopic (exact) mass is 325 g/mol. The zero-order valence-corrected chi connectivity index (χ0v) is 14.2. The summed E-state index contributed by atoms with van der Waals surface area (Å²) in [7, 11) is 1.68. The fourth-order valence-corrected chi connectivity index (χ4v) is 3.05. The van der Waals surface area contributed by atoms with Crippen LogP contribution in [0.2, 0.25) is 0 Å². The number of aryl methyl sites for hydroxylation is 1. The van der Waals surface area contributed by atoms with Crippen molar-refractivity contribution in [2.75, 3.05) is 13.7 Å². The van der Waals surface area contributed by atoms with Gasteiger partial charge in [-0.25, -0.2) is 4.79 Å². The van der Waals surface area contributed by atoms with E-state index in [2.05, 4.69) is 22.4 Å². The number of carbonyl (C=O) groups is 1. The van der Waals surface area contributed by atoms with Gasteiger partial charge in [0, 0.05) is 25.5 Å². The van der Waals surface area contributed by atoms with Crippen molar-refractivity contribution in [3.8, 4) is 5.75 Å². The Morgan fingerprint density at radius 2 is 2.04 bits per heavy atom. The van der Waals surface area contributed by atoms with Crippen LogP contribution >= 0.6 is 0 Å². The minimum absolute atomic E-state index is 0.0250. The van der Waals surface area contributed by atoms with Crippen molar-refractivity contribution in [2.24, 2.45) is 0 Å². The van der Waals surface area contributed by atoms with Gasteiger partial charge in [-0.05, 0) is 60.7 Å². The smallest absolute Gasteiger partial charge is 0.318 e. The lowest BCUT2D eigenvalue weighted by molar-refractivity contribution is 0.192. The van der Waals surface area contributed by atoms with Crippen LogP contribution in [0.15, 0.2) is 42.7 Å². The molecule has 0 radical (unpaired) electrons. The van der Waals surface area contributed by atoms with Crippen molar-refractivity contribution in [1.29, 1.82) is 0 Å². The average molecular weight is 325 g/mol. The first kappa shape index (κ1) is 16.3. The number of pyridine rings is 1. The molecule has 0 unspecified atom stereocenters. The van der Waals surface area contributed by atoms with E-state index >= 15 is 0 Å². The predicted molar refractivity (Wildman–Crippen MR) is 92.9 cm³/mol. The van der Waals surface area contributed by atoms with Gasteiger partial charge < -0.3 is 15.0 Å². The number of benzene rings is 1. The highest BCUT2D eigenvalue weighted by Crippen LogP contribution is 2.24. The third-order valence-electron chi connectivity index (χ3n) is 4.48. The number of nitrogens with zero attached hydrogens (tertiary/aromatic N) is 2. The fraction of sp³-hybridized carbons (Fsp3) is 0.368. The Morgan fingerprint density at radius 3 is 2.79 bits per heavy atom. The van der Waals surface area contributed by atoms with E-state index in [0.29, 0.717) is 6.54 Å². The topological polar surface area (TPSA) is 54.5 Å². The maximum atomic E-state index is 12.6. The van der Waals surface area contributed by atoms with Crippen LogP contribution in [0.1, 0.15) is 36.1 Å². The number of nitrogens with one attached hydrogen (secondary N) is 1. The number of carbonyl (C=O) groups excluding carboxylic acids is 1. The molecule has 0 bridgehead atoms. The van der Waals surface area contributed by atoms with E-state index in [9.17, 15) is 4.79 Å². The highest BCUT2D eigenvalue weighted by atomic mass is 16.5. The largest absolute Gasteiger partial charge is 0.497 e. The summed E-state index contributed by atoms with van der Waals surface area (Å²) in [5.41, 5.74) is 3.52. The van der Waals surface area contributed by atoms with Crippen molar-refractivity contribution < 1.29 is 9.53 Å². The number of methoxy groups -OCH3 is 1. The van der Waals surface area contributed by atoms with Gasteiger partial charge in [0.15, 0.2) is 0 Å². The maximum absolute atomic E-state index is 12.6. The molecule has 1 aromatic heterocycles. The van der Waals surface area contributed by atoms with E-state index in [-0.39, 0.29) is 12.1 Å². The molecule has 2 heterocycles. The SMILES string of the molecule is COc1ccc2c(c1)CCCN(C(=O)N[C@@H](C)c1ccncc1)C2. The Morgan fingerprint density at radius 1 is 1.25 bits per heavy atom. The van der Waals surface area contributed by atoms with Crippen molar-refractivity contribution >= 4 is 6.03 Å². The Kier molecular flexibility index (Phi) is 4.99. The molecule has 1 aliphatic heterocycles. The molecular weight excluding hydrogens is 302 g/mol. The summed E-state index contributed by atoms with van der Waals surface area (Å²) < 4.78 is 5.30. The molecule has 3 rings (SSSR count). The number of ether oxygens (including phenoxy) is 1. The molecule has 1 aliphatic rings. The van der Waals surface area contributed by atoms with Gasteiger partial charge in [0.2, 0.25) is 0 Å². The zero-order chi connectivity index (χ0) is 16.9. The molecule has 1 aromatic carbocycles. The Hall–Kier alpha value is -2.56. The van der Waals surface area contributed by atoms with Crippen molar-refractivity contribution in [2.45, 2.75) is 32.4 Å². The summed E-state index contributed by atoms with van der Waals surface area (Å²) in [6.45, 7) is 3.38. The Bertz CT molecular complexity index is 703. The molecule has 2 amide bonds. The van der Waals surface area contributed by atoms with E-state index in [4.69, 9.17) is 4.74 Å². The van der Waals surface area contributed by atoms with Crippen LogP contribution in [0.25, 0.3) is 0 Å². The molecule has 126 valence electrons. The summed E-state index contributed by atoms with van der Waals surface area (Å²) >= 11 is 0. The summed E-state index contributed by atoms with van der Waals surface area (Å²) in [4.78, 5) is 18.5. The van der Waals surface area contributed by atoms with Crippen molar-refractivity contribution in [3.63, 3.8) is 0 Å². The van der Waals surface area contributed by atoms with Crippen LogP contribution in [-0.4, -0.2) is 29.6 Å². The summed E-state index contributed by atoms with van der Waals surface area (Å²) in [6, 6.07) is 9.88. The van der Waals surface area contributed by atoms with Gasteiger partial charge in [0.1, 0.15) is 5.75 Å². The molecule has 0 saturated heterocycles. The minimum Gasteiger partial charge on any atom is -0.497 e. The lowest BCUT2D eigenvalue weighted by Crippen LogP contribution is -2.40. The van der Waals surface area contributed by atoms with E-state index in [1.54, 1.807) is 19.5 Å². The average Bonchev–Trinajstić information content (AvgIpc) is 2.84. The molecule has 0 saturated carbocycles. The second-order valence-corrected chi connectivity index (χ2v) is 6.11. The van der Waals surface area contributed by atoms with Gasteiger partial charge >= 0.3 is 6.03 Å². The van der Waals surface area contributed by atoms with Crippen molar-refractivity contribution in [3.05, 3.63) is 59.4 Å². The number of hydrogen-bond acceptors (Lipinski definition) is 3. The van der Waals surface area contributed by atoms with Gasteiger partial charge in [0.25, 0.3) is 0 Å². The van der Waals surface area contributed by atoms with Gasteiger partial charge in [-0.1, -0.05) is 6.07 Å². The molecule has 1 atom stereocenters. The number of rotatable bonds is 3. The number of aromatic nitrogens is 1. The first-order valence-corrected chi connectivity index (χ1v) is 8.28. The quantitative estimate of drug-likeness (QED) is 0.942. The molecule has 0 aliphatic carbocycles. The fourth-order valence-electron chi connectivity index (χ4n) is 3.05. The highest BCUT2D eigenvalue weighted by molar-refractivity contribution is 5.75. The lowest BCUT2D eigenvalue weighted by atomic mass is 10.0. The molecule has 2 aromatic rings.